The van der Waals surface area contributed by atoms with Crippen LogP contribution in [0, 0.1) is 17.3 Å². The van der Waals surface area contributed by atoms with Gasteiger partial charge in [-0.2, -0.15) is 0 Å². The second kappa shape index (κ2) is 4.13. The average Bonchev–Trinajstić information content (AvgIpc) is 2.89. The lowest BCUT2D eigenvalue weighted by Gasteiger charge is -2.06. The van der Waals surface area contributed by atoms with Gasteiger partial charge in [0.1, 0.15) is 0 Å². The number of benzene rings is 1. The normalized spacial score (nSPS) is 33.9. The highest BCUT2D eigenvalue weighted by Crippen LogP contribution is 2.65. The summed E-state index contributed by atoms with van der Waals surface area (Å²) in [7, 11) is 0. The van der Waals surface area contributed by atoms with E-state index in [9.17, 15) is 4.79 Å². The summed E-state index contributed by atoms with van der Waals surface area (Å²) in [5.41, 5.74) is 0.735. The molecule has 0 N–H and O–H groups in total. The van der Waals surface area contributed by atoms with Crippen LogP contribution in [0.25, 0.3) is 6.08 Å². The van der Waals surface area contributed by atoms with Crippen LogP contribution in [0.15, 0.2) is 48.6 Å². The van der Waals surface area contributed by atoms with E-state index in [2.05, 4.69) is 6.08 Å². The third-order valence-electron chi connectivity index (χ3n) is 3.99. The highest BCUT2D eigenvalue weighted by Gasteiger charge is 2.71. The monoisotopic (exact) mass is 240 g/mol. The number of esters is 1. The van der Waals surface area contributed by atoms with E-state index in [4.69, 9.17) is 4.74 Å². The molecule has 1 aliphatic carbocycles. The van der Waals surface area contributed by atoms with Gasteiger partial charge in [-0.05, 0) is 12.5 Å². The molecule has 1 aromatic carbocycles. The Bertz CT molecular complexity index is 515. The zero-order valence-electron chi connectivity index (χ0n) is 10.4. The molecule has 2 nitrogen and oxygen atoms in total. The molecule has 18 heavy (non-hydrogen) atoms. The molecule has 1 saturated heterocycles. The molecule has 0 radical (unpaired) electrons. The summed E-state index contributed by atoms with van der Waals surface area (Å²) in [5.74, 6) is 0.590. The molecule has 0 bridgehead atoms. The van der Waals surface area contributed by atoms with Crippen LogP contribution in [0.2, 0.25) is 0 Å². The lowest BCUT2D eigenvalue weighted by atomic mass is 10.0. The van der Waals surface area contributed by atoms with Crippen molar-refractivity contribution in [1.82, 2.24) is 0 Å². The van der Waals surface area contributed by atoms with E-state index < -0.39 is 0 Å². The molecule has 1 saturated carbocycles. The van der Waals surface area contributed by atoms with Crippen molar-refractivity contribution in [1.29, 1.82) is 0 Å². The first kappa shape index (κ1) is 11.3. The minimum atomic E-state index is -0.387. The molecule has 0 unspecified atom stereocenters. The predicted octanol–water partition coefficient (Wildman–Crippen LogP) is 3.07. The molecule has 0 aromatic heterocycles. The Morgan fingerprint density at radius 1 is 1.33 bits per heavy atom. The fraction of sp³-hybridized carbons (Fsp3) is 0.312. The molecule has 3 atom stereocenters. The fourth-order valence-electron chi connectivity index (χ4n) is 2.93. The predicted molar refractivity (Wildman–Crippen MR) is 70.7 cm³/mol. The maximum atomic E-state index is 11.9. The topological polar surface area (TPSA) is 26.3 Å². The van der Waals surface area contributed by atoms with Crippen LogP contribution < -0.4 is 0 Å². The molecular formula is C16H16O2. The van der Waals surface area contributed by atoms with Crippen LogP contribution >= 0.6 is 0 Å². The van der Waals surface area contributed by atoms with Gasteiger partial charge in [-0.25, -0.2) is 0 Å². The van der Waals surface area contributed by atoms with Crippen LogP contribution in [-0.2, 0) is 9.53 Å². The molecule has 1 heterocycles. The number of cyclic esters (lactones) is 1. The molecule has 92 valence electrons. The Morgan fingerprint density at radius 2 is 2.11 bits per heavy atom. The van der Waals surface area contributed by atoms with Crippen LogP contribution in [-0.4, -0.2) is 12.6 Å². The molecule has 3 rings (SSSR count). The zero-order valence-corrected chi connectivity index (χ0v) is 10.4. The molecule has 0 spiro atoms. The highest BCUT2D eigenvalue weighted by atomic mass is 16.5. The quantitative estimate of drug-likeness (QED) is 0.599. The Hall–Kier alpha value is -1.83. The smallest absolute Gasteiger partial charge is 0.317 e. The Kier molecular flexibility index (Phi) is 2.58. The highest BCUT2D eigenvalue weighted by molar-refractivity contribution is 5.88. The molecule has 0 amide bonds. The van der Waals surface area contributed by atoms with Crippen molar-refractivity contribution in [3.8, 4) is 0 Å². The van der Waals surface area contributed by atoms with Gasteiger partial charge in [-0.1, -0.05) is 54.6 Å². The number of rotatable bonds is 3. The summed E-state index contributed by atoms with van der Waals surface area (Å²) < 4.78 is 5.16. The van der Waals surface area contributed by atoms with E-state index in [-0.39, 0.29) is 11.4 Å². The maximum Gasteiger partial charge on any atom is 0.317 e. The number of hydrogen-bond acceptors (Lipinski definition) is 2. The van der Waals surface area contributed by atoms with Crippen molar-refractivity contribution in [2.75, 3.05) is 6.61 Å². The van der Waals surface area contributed by atoms with Gasteiger partial charge in [0.05, 0.1) is 12.0 Å². The van der Waals surface area contributed by atoms with E-state index in [0.717, 1.165) is 5.56 Å². The lowest BCUT2D eigenvalue weighted by molar-refractivity contribution is -0.143. The third-order valence-corrected chi connectivity index (χ3v) is 3.99. The Morgan fingerprint density at radius 3 is 2.83 bits per heavy atom. The van der Waals surface area contributed by atoms with Gasteiger partial charge in [0.25, 0.3) is 0 Å². The van der Waals surface area contributed by atoms with Crippen molar-refractivity contribution in [3.05, 3.63) is 54.1 Å². The van der Waals surface area contributed by atoms with E-state index in [1.165, 1.54) is 0 Å². The van der Waals surface area contributed by atoms with Gasteiger partial charge >= 0.3 is 5.97 Å². The zero-order chi connectivity index (χ0) is 12.6. The molecule has 2 fully saturated rings. The summed E-state index contributed by atoms with van der Waals surface area (Å²) >= 11 is 0. The average molecular weight is 240 g/mol. The largest absolute Gasteiger partial charge is 0.465 e. The van der Waals surface area contributed by atoms with E-state index in [1.54, 1.807) is 0 Å². The molecule has 2 heteroatoms. The summed E-state index contributed by atoms with van der Waals surface area (Å²) in [4.78, 5) is 11.9. The van der Waals surface area contributed by atoms with Crippen LogP contribution in [0.4, 0.5) is 0 Å². The van der Waals surface area contributed by atoms with Gasteiger partial charge < -0.3 is 4.74 Å². The summed E-state index contributed by atoms with van der Waals surface area (Å²) in [5, 5.41) is 0. The van der Waals surface area contributed by atoms with Crippen LogP contribution in [0.1, 0.15) is 12.5 Å². The van der Waals surface area contributed by atoms with E-state index in [1.807, 2.05) is 55.5 Å². The lowest BCUT2D eigenvalue weighted by Crippen LogP contribution is -2.14. The summed E-state index contributed by atoms with van der Waals surface area (Å²) in [6.07, 6.45) is 8.21. The minimum absolute atomic E-state index is 0.0669. The van der Waals surface area contributed by atoms with Gasteiger partial charge in [0.2, 0.25) is 0 Å². The number of allylic oxidation sites excluding steroid dienone is 2. The molecule has 1 aromatic rings. The first-order valence-electron chi connectivity index (χ1n) is 6.33. The van der Waals surface area contributed by atoms with Crippen molar-refractivity contribution in [2.45, 2.75) is 6.92 Å². The van der Waals surface area contributed by atoms with Crippen molar-refractivity contribution < 1.29 is 9.53 Å². The SMILES string of the molecule is C/C=C/[C@H]1[C@H]2COC(=O)[C@@]21/C=C/c1ccccc1. The van der Waals surface area contributed by atoms with Gasteiger partial charge in [-0.3, -0.25) is 4.79 Å². The number of ether oxygens (including phenoxy) is 1. The summed E-state index contributed by atoms with van der Waals surface area (Å²) in [6, 6.07) is 10.1. The minimum Gasteiger partial charge on any atom is -0.465 e. The summed E-state index contributed by atoms with van der Waals surface area (Å²) in [6.45, 7) is 2.56. The van der Waals surface area contributed by atoms with E-state index >= 15 is 0 Å². The maximum absolute atomic E-state index is 11.9. The van der Waals surface area contributed by atoms with Crippen molar-refractivity contribution in [3.63, 3.8) is 0 Å². The second-order valence-corrected chi connectivity index (χ2v) is 4.93. The second-order valence-electron chi connectivity index (χ2n) is 4.93. The molecular weight excluding hydrogens is 224 g/mol. The van der Waals surface area contributed by atoms with Crippen LogP contribution in [0.3, 0.4) is 0 Å². The van der Waals surface area contributed by atoms with E-state index in [0.29, 0.717) is 18.4 Å². The molecule has 1 aliphatic heterocycles. The van der Waals surface area contributed by atoms with Gasteiger partial charge in [0.15, 0.2) is 0 Å². The first-order valence-corrected chi connectivity index (χ1v) is 6.33. The van der Waals surface area contributed by atoms with Crippen molar-refractivity contribution >= 4 is 12.0 Å². The Labute approximate surface area is 107 Å². The first-order chi connectivity index (χ1) is 8.79. The van der Waals surface area contributed by atoms with Crippen LogP contribution in [0.5, 0.6) is 0 Å². The number of carbonyl (C=O) groups excluding carboxylic acids is 1. The fourth-order valence-corrected chi connectivity index (χ4v) is 2.93. The number of hydrogen-bond donors (Lipinski definition) is 0. The van der Waals surface area contributed by atoms with Crippen molar-refractivity contribution in [2.24, 2.45) is 17.3 Å². The Balaban J connectivity index is 1.87. The third kappa shape index (κ3) is 1.52. The molecule has 2 aliphatic rings. The van der Waals surface area contributed by atoms with Gasteiger partial charge in [-0.15, -0.1) is 0 Å². The number of carbonyl (C=O) groups is 1. The van der Waals surface area contributed by atoms with Gasteiger partial charge in [0, 0.05) is 11.8 Å². The number of fused-ring (bicyclic) bond motifs is 1. The standard InChI is InChI=1S/C16H16O2/c1-2-6-13-14-11-18-15(17)16(13,14)10-9-12-7-4-3-5-8-12/h2-10,13-14H,11H2,1H3/b6-2+,10-9+/t13-,14+,16+/m0/s1.